The molecule has 0 aliphatic carbocycles. The summed E-state index contributed by atoms with van der Waals surface area (Å²) >= 11 is 0. The van der Waals surface area contributed by atoms with E-state index in [-0.39, 0.29) is 12.5 Å². The molecule has 6 N–H and O–H groups in total. The van der Waals surface area contributed by atoms with Crippen molar-refractivity contribution in [2.24, 2.45) is 11.5 Å². The van der Waals surface area contributed by atoms with E-state index in [1.54, 1.807) is 0 Å². The number of ether oxygens (including phenoxy) is 1. The molecule has 1 atom stereocenters. The van der Waals surface area contributed by atoms with Crippen molar-refractivity contribution in [3.63, 3.8) is 0 Å². The number of aliphatic hydroxyl groups is 1. The minimum absolute atomic E-state index is 0.109. The van der Waals surface area contributed by atoms with Gasteiger partial charge in [-0.15, -0.1) is 0 Å². The standard InChI is InChI=1S/C12H27N3O3/c13-6-2-1-5-11(14)12(17)15-7-3-9-18-10-4-8-16/h11,16H,1-10,13-14H2,(H,15,17). The van der Waals surface area contributed by atoms with Crippen LogP contribution in [0.1, 0.15) is 32.1 Å². The van der Waals surface area contributed by atoms with Gasteiger partial charge in [-0.2, -0.15) is 0 Å². The first-order valence-corrected chi connectivity index (χ1v) is 6.64. The van der Waals surface area contributed by atoms with Crippen LogP contribution in [-0.4, -0.2) is 50.0 Å². The van der Waals surface area contributed by atoms with Crippen LogP contribution in [0, 0.1) is 0 Å². The summed E-state index contributed by atoms with van der Waals surface area (Å²) in [4.78, 5) is 11.5. The molecule has 0 heterocycles. The van der Waals surface area contributed by atoms with Gasteiger partial charge in [0.1, 0.15) is 0 Å². The second-order valence-electron chi connectivity index (χ2n) is 4.23. The van der Waals surface area contributed by atoms with Crippen molar-refractivity contribution in [2.45, 2.75) is 38.1 Å². The third kappa shape index (κ3) is 10.5. The smallest absolute Gasteiger partial charge is 0.236 e. The number of unbranched alkanes of at least 4 members (excludes halogenated alkanes) is 1. The summed E-state index contributed by atoms with van der Waals surface area (Å²) in [5.41, 5.74) is 11.1. The highest BCUT2D eigenvalue weighted by atomic mass is 16.5. The summed E-state index contributed by atoms with van der Waals surface area (Å²) in [7, 11) is 0. The summed E-state index contributed by atoms with van der Waals surface area (Å²) in [6, 6.07) is -0.438. The molecule has 0 aromatic heterocycles. The fraction of sp³-hybridized carbons (Fsp3) is 0.917. The van der Waals surface area contributed by atoms with Crippen LogP contribution in [0.15, 0.2) is 0 Å². The molecule has 6 heteroatoms. The van der Waals surface area contributed by atoms with Crippen molar-refractivity contribution in [2.75, 3.05) is 32.9 Å². The summed E-state index contributed by atoms with van der Waals surface area (Å²) in [6.45, 7) is 2.50. The zero-order chi connectivity index (χ0) is 13.6. The summed E-state index contributed by atoms with van der Waals surface area (Å²) in [6.07, 6.45) is 3.87. The highest BCUT2D eigenvalue weighted by Crippen LogP contribution is 1.97. The predicted octanol–water partition coefficient (Wildman–Crippen LogP) is -0.652. The molecule has 0 saturated heterocycles. The zero-order valence-corrected chi connectivity index (χ0v) is 11.1. The van der Waals surface area contributed by atoms with E-state index in [0.717, 1.165) is 19.3 Å². The number of nitrogens with two attached hydrogens (primary N) is 2. The minimum atomic E-state index is -0.438. The van der Waals surface area contributed by atoms with Gasteiger partial charge in [-0.05, 0) is 32.2 Å². The number of carbonyl (C=O) groups is 1. The van der Waals surface area contributed by atoms with Gasteiger partial charge < -0.3 is 26.6 Å². The Morgan fingerprint density at radius 3 is 2.61 bits per heavy atom. The first kappa shape index (κ1) is 17.3. The maximum atomic E-state index is 11.5. The molecule has 1 unspecified atom stereocenters. The first-order valence-electron chi connectivity index (χ1n) is 6.64. The number of rotatable bonds is 12. The zero-order valence-electron chi connectivity index (χ0n) is 11.1. The molecule has 0 radical (unpaired) electrons. The Kier molecular flexibility index (Phi) is 12.3. The second kappa shape index (κ2) is 12.8. The van der Waals surface area contributed by atoms with Gasteiger partial charge in [0.2, 0.25) is 5.91 Å². The monoisotopic (exact) mass is 261 g/mol. The van der Waals surface area contributed by atoms with Crippen LogP contribution in [-0.2, 0) is 9.53 Å². The molecule has 18 heavy (non-hydrogen) atoms. The maximum absolute atomic E-state index is 11.5. The predicted molar refractivity (Wildman–Crippen MR) is 71.0 cm³/mol. The number of carbonyl (C=O) groups excluding carboxylic acids is 1. The molecule has 0 aromatic carbocycles. The van der Waals surface area contributed by atoms with Gasteiger partial charge in [-0.3, -0.25) is 4.79 Å². The number of nitrogens with one attached hydrogen (secondary N) is 1. The van der Waals surface area contributed by atoms with Crippen LogP contribution in [0.3, 0.4) is 0 Å². The van der Waals surface area contributed by atoms with Gasteiger partial charge in [0.05, 0.1) is 6.04 Å². The summed E-state index contributed by atoms with van der Waals surface area (Å²) in [5, 5.41) is 11.3. The lowest BCUT2D eigenvalue weighted by Crippen LogP contribution is -2.41. The van der Waals surface area contributed by atoms with E-state index in [0.29, 0.717) is 39.1 Å². The van der Waals surface area contributed by atoms with Crippen LogP contribution < -0.4 is 16.8 Å². The van der Waals surface area contributed by atoms with Crippen LogP contribution in [0.4, 0.5) is 0 Å². The minimum Gasteiger partial charge on any atom is -0.396 e. The number of aliphatic hydroxyl groups excluding tert-OH is 1. The van der Waals surface area contributed by atoms with Crippen LogP contribution in [0.2, 0.25) is 0 Å². The molecular formula is C12H27N3O3. The fourth-order valence-electron chi connectivity index (χ4n) is 1.43. The van der Waals surface area contributed by atoms with Crippen molar-refractivity contribution in [3.8, 4) is 0 Å². The molecule has 108 valence electrons. The molecule has 0 aromatic rings. The van der Waals surface area contributed by atoms with Crippen LogP contribution in [0.25, 0.3) is 0 Å². The number of hydrogen-bond donors (Lipinski definition) is 4. The van der Waals surface area contributed by atoms with E-state index < -0.39 is 6.04 Å². The fourth-order valence-corrected chi connectivity index (χ4v) is 1.43. The topological polar surface area (TPSA) is 111 Å². The molecule has 0 aliphatic rings. The molecule has 0 fully saturated rings. The van der Waals surface area contributed by atoms with Crippen LogP contribution >= 0.6 is 0 Å². The van der Waals surface area contributed by atoms with E-state index in [1.807, 2.05) is 0 Å². The van der Waals surface area contributed by atoms with Crippen molar-refractivity contribution < 1.29 is 14.6 Å². The van der Waals surface area contributed by atoms with Gasteiger partial charge in [0, 0.05) is 26.4 Å². The second-order valence-corrected chi connectivity index (χ2v) is 4.23. The number of hydrogen-bond acceptors (Lipinski definition) is 5. The van der Waals surface area contributed by atoms with Crippen molar-refractivity contribution in [1.29, 1.82) is 0 Å². The largest absolute Gasteiger partial charge is 0.396 e. The molecule has 0 bridgehead atoms. The molecular weight excluding hydrogens is 234 g/mol. The Labute approximate surface area is 109 Å². The van der Waals surface area contributed by atoms with E-state index in [2.05, 4.69) is 5.32 Å². The van der Waals surface area contributed by atoms with E-state index in [1.165, 1.54) is 0 Å². The van der Waals surface area contributed by atoms with Crippen molar-refractivity contribution in [1.82, 2.24) is 5.32 Å². The Morgan fingerprint density at radius 2 is 1.94 bits per heavy atom. The Hall–Kier alpha value is -0.690. The lowest BCUT2D eigenvalue weighted by atomic mass is 10.1. The SMILES string of the molecule is NCCCCC(N)C(=O)NCCCOCCCO. The third-order valence-corrected chi connectivity index (χ3v) is 2.52. The lowest BCUT2D eigenvalue weighted by molar-refractivity contribution is -0.122. The van der Waals surface area contributed by atoms with Gasteiger partial charge in [-0.1, -0.05) is 6.42 Å². The maximum Gasteiger partial charge on any atom is 0.236 e. The molecule has 0 saturated carbocycles. The Balaban J connectivity index is 3.35. The van der Waals surface area contributed by atoms with Gasteiger partial charge in [0.25, 0.3) is 0 Å². The Bertz CT molecular complexity index is 203. The van der Waals surface area contributed by atoms with Gasteiger partial charge >= 0.3 is 0 Å². The van der Waals surface area contributed by atoms with E-state index in [4.69, 9.17) is 21.3 Å². The molecule has 0 rings (SSSR count). The Morgan fingerprint density at radius 1 is 1.22 bits per heavy atom. The van der Waals surface area contributed by atoms with Crippen molar-refractivity contribution >= 4 is 5.91 Å². The van der Waals surface area contributed by atoms with Gasteiger partial charge in [-0.25, -0.2) is 0 Å². The van der Waals surface area contributed by atoms with Crippen molar-refractivity contribution in [3.05, 3.63) is 0 Å². The lowest BCUT2D eigenvalue weighted by Gasteiger charge is -2.11. The molecule has 6 nitrogen and oxygen atoms in total. The highest BCUT2D eigenvalue weighted by Gasteiger charge is 2.11. The van der Waals surface area contributed by atoms with E-state index in [9.17, 15) is 4.79 Å². The third-order valence-electron chi connectivity index (χ3n) is 2.52. The molecule has 0 spiro atoms. The van der Waals surface area contributed by atoms with Gasteiger partial charge in [0.15, 0.2) is 0 Å². The molecule has 0 aliphatic heterocycles. The number of amides is 1. The summed E-state index contributed by atoms with van der Waals surface area (Å²) in [5.74, 6) is -0.109. The van der Waals surface area contributed by atoms with E-state index >= 15 is 0 Å². The normalized spacial score (nSPS) is 12.4. The molecule has 1 amide bonds. The quantitative estimate of drug-likeness (QED) is 0.349. The average molecular weight is 261 g/mol. The van der Waals surface area contributed by atoms with Crippen LogP contribution in [0.5, 0.6) is 0 Å². The average Bonchev–Trinajstić information content (AvgIpc) is 2.37. The summed E-state index contributed by atoms with van der Waals surface area (Å²) < 4.78 is 5.24. The highest BCUT2D eigenvalue weighted by molar-refractivity contribution is 5.81. The first-order chi connectivity index (χ1) is 8.72.